The van der Waals surface area contributed by atoms with Gasteiger partial charge >= 0.3 is 0 Å². The molecule has 0 saturated carbocycles. The van der Waals surface area contributed by atoms with Crippen LogP contribution in [0.5, 0.6) is 5.75 Å². The molecule has 1 unspecified atom stereocenters. The average Bonchev–Trinajstić information content (AvgIpc) is 2.43. The van der Waals surface area contributed by atoms with Gasteiger partial charge in [0.25, 0.3) is 0 Å². The first-order valence-electron chi connectivity index (χ1n) is 7.03. The second kappa shape index (κ2) is 5.08. The van der Waals surface area contributed by atoms with Gasteiger partial charge in [-0.3, -0.25) is 0 Å². The van der Waals surface area contributed by atoms with Crippen molar-refractivity contribution < 1.29 is 5.11 Å². The maximum atomic E-state index is 10.00. The van der Waals surface area contributed by atoms with E-state index in [9.17, 15) is 5.11 Å². The van der Waals surface area contributed by atoms with Crippen molar-refractivity contribution in [2.75, 3.05) is 17.2 Å². The Morgan fingerprint density at radius 2 is 2.05 bits per heavy atom. The number of nitrogens with two attached hydrogens (primary N) is 1. The third-order valence-corrected chi connectivity index (χ3v) is 3.90. The summed E-state index contributed by atoms with van der Waals surface area (Å²) in [6.07, 6.45) is 1.12. The van der Waals surface area contributed by atoms with E-state index in [0.717, 1.165) is 18.5 Å². The minimum absolute atomic E-state index is 0.315. The second-order valence-electron chi connectivity index (χ2n) is 5.71. The van der Waals surface area contributed by atoms with Crippen molar-refractivity contribution in [3.05, 3.63) is 53.6 Å². The lowest BCUT2D eigenvalue weighted by Crippen LogP contribution is -2.33. The monoisotopic (exact) mass is 268 g/mol. The molecular weight excluding hydrogens is 248 g/mol. The lowest BCUT2D eigenvalue weighted by molar-refractivity contribution is 0.463. The first-order chi connectivity index (χ1) is 9.63. The maximum Gasteiger partial charge on any atom is 0.120 e. The van der Waals surface area contributed by atoms with Crippen molar-refractivity contribution in [2.24, 2.45) is 5.92 Å². The predicted octanol–water partition coefficient (Wildman–Crippen LogP) is 3.17. The molecular formula is C17H20N2O. The Hall–Kier alpha value is -2.16. The first-order valence-corrected chi connectivity index (χ1v) is 7.03. The highest BCUT2D eigenvalue weighted by Gasteiger charge is 2.22. The van der Waals surface area contributed by atoms with Crippen molar-refractivity contribution in [1.82, 2.24) is 0 Å². The minimum atomic E-state index is 0.315. The molecule has 1 heterocycles. The smallest absolute Gasteiger partial charge is 0.120 e. The minimum Gasteiger partial charge on any atom is -0.508 e. The fourth-order valence-electron chi connectivity index (χ4n) is 2.99. The molecule has 2 aromatic carbocycles. The Balaban J connectivity index is 1.93. The summed E-state index contributed by atoms with van der Waals surface area (Å²) in [4.78, 5) is 2.33. The van der Waals surface area contributed by atoms with Crippen LogP contribution < -0.4 is 10.6 Å². The molecule has 0 fully saturated rings. The normalized spacial score (nSPS) is 17.9. The van der Waals surface area contributed by atoms with E-state index in [2.05, 4.69) is 36.1 Å². The largest absolute Gasteiger partial charge is 0.508 e. The van der Waals surface area contributed by atoms with E-state index in [1.807, 2.05) is 6.07 Å². The summed E-state index contributed by atoms with van der Waals surface area (Å²) in [6, 6.07) is 13.8. The summed E-state index contributed by atoms with van der Waals surface area (Å²) in [5.74, 6) is 0.933. The molecule has 0 amide bonds. The summed E-state index contributed by atoms with van der Waals surface area (Å²) in [5.41, 5.74) is 10.1. The molecule has 2 aromatic rings. The van der Waals surface area contributed by atoms with Crippen molar-refractivity contribution in [1.29, 1.82) is 0 Å². The summed E-state index contributed by atoms with van der Waals surface area (Å²) in [6.45, 7) is 3.96. The number of nitrogen functional groups attached to an aromatic ring is 1. The van der Waals surface area contributed by atoms with Gasteiger partial charge in [-0.1, -0.05) is 25.1 Å². The van der Waals surface area contributed by atoms with E-state index < -0.39 is 0 Å². The van der Waals surface area contributed by atoms with Crippen LogP contribution >= 0.6 is 0 Å². The Kier molecular flexibility index (Phi) is 3.26. The van der Waals surface area contributed by atoms with Crippen LogP contribution in [0.2, 0.25) is 0 Å². The lowest BCUT2D eigenvalue weighted by atomic mass is 9.93. The molecule has 1 atom stereocenters. The quantitative estimate of drug-likeness (QED) is 0.649. The molecule has 20 heavy (non-hydrogen) atoms. The van der Waals surface area contributed by atoms with E-state index in [1.165, 1.54) is 11.3 Å². The number of hydrogen-bond donors (Lipinski definition) is 2. The Morgan fingerprint density at radius 3 is 2.90 bits per heavy atom. The summed E-state index contributed by atoms with van der Waals surface area (Å²) in [5, 5.41) is 10.00. The van der Waals surface area contributed by atoms with Crippen LogP contribution in [0.15, 0.2) is 42.5 Å². The molecule has 3 nitrogen and oxygen atoms in total. The molecule has 1 aliphatic rings. The summed E-state index contributed by atoms with van der Waals surface area (Å²) >= 11 is 0. The zero-order valence-corrected chi connectivity index (χ0v) is 11.7. The number of para-hydroxylation sites is 1. The lowest BCUT2D eigenvalue weighted by Gasteiger charge is -2.35. The predicted molar refractivity (Wildman–Crippen MR) is 82.9 cm³/mol. The third-order valence-electron chi connectivity index (χ3n) is 3.90. The fraction of sp³-hybridized carbons (Fsp3) is 0.294. The second-order valence-corrected chi connectivity index (χ2v) is 5.71. The molecule has 3 rings (SSSR count). The van der Waals surface area contributed by atoms with Crippen molar-refractivity contribution in [2.45, 2.75) is 19.9 Å². The van der Waals surface area contributed by atoms with Crippen molar-refractivity contribution >= 4 is 11.4 Å². The highest BCUT2D eigenvalue weighted by Crippen LogP contribution is 2.32. The summed E-state index contributed by atoms with van der Waals surface area (Å²) < 4.78 is 0. The SMILES string of the molecule is CC1Cc2ccccc2N(Cc2cc(N)ccc2O)C1. The van der Waals surface area contributed by atoms with Gasteiger partial charge in [-0.2, -0.15) is 0 Å². The van der Waals surface area contributed by atoms with Gasteiger partial charge in [-0.15, -0.1) is 0 Å². The standard InChI is InChI=1S/C17H20N2O/c1-12-8-13-4-2-3-5-16(13)19(10-12)11-14-9-15(18)6-7-17(14)20/h2-7,9,12,20H,8,10-11,18H2,1H3. The number of fused-ring (bicyclic) bond motifs is 1. The molecule has 0 radical (unpaired) electrons. The van der Waals surface area contributed by atoms with Gasteiger partial charge in [-0.05, 0) is 42.2 Å². The number of rotatable bonds is 2. The van der Waals surface area contributed by atoms with Crippen LogP contribution in [0.25, 0.3) is 0 Å². The van der Waals surface area contributed by atoms with Crippen LogP contribution in [-0.4, -0.2) is 11.7 Å². The number of anilines is 2. The van der Waals surface area contributed by atoms with E-state index >= 15 is 0 Å². The Labute approximate surface area is 119 Å². The molecule has 3 heteroatoms. The van der Waals surface area contributed by atoms with Gasteiger partial charge < -0.3 is 15.7 Å². The number of phenols is 1. The van der Waals surface area contributed by atoms with Crippen LogP contribution in [0.3, 0.4) is 0 Å². The highest BCUT2D eigenvalue weighted by atomic mass is 16.3. The van der Waals surface area contributed by atoms with E-state index in [0.29, 0.717) is 23.9 Å². The zero-order valence-electron chi connectivity index (χ0n) is 11.7. The van der Waals surface area contributed by atoms with Crippen LogP contribution in [-0.2, 0) is 13.0 Å². The van der Waals surface area contributed by atoms with Crippen molar-refractivity contribution in [3.8, 4) is 5.75 Å². The maximum absolute atomic E-state index is 10.00. The zero-order chi connectivity index (χ0) is 14.1. The number of phenolic OH excluding ortho intramolecular Hbond substituents is 1. The van der Waals surface area contributed by atoms with Crippen LogP contribution in [0.1, 0.15) is 18.1 Å². The number of hydrogen-bond acceptors (Lipinski definition) is 3. The first kappa shape index (κ1) is 12.9. The van der Waals surface area contributed by atoms with E-state index in [1.54, 1.807) is 12.1 Å². The van der Waals surface area contributed by atoms with Gasteiger partial charge in [0.15, 0.2) is 0 Å². The molecule has 0 aliphatic carbocycles. The van der Waals surface area contributed by atoms with Crippen molar-refractivity contribution in [3.63, 3.8) is 0 Å². The number of aromatic hydroxyl groups is 1. The average molecular weight is 268 g/mol. The molecule has 0 spiro atoms. The molecule has 1 aliphatic heterocycles. The molecule has 104 valence electrons. The molecule has 0 aromatic heterocycles. The van der Waals surface area contributed by atoms with Gasteiger partial charge in [0.2, 0.25) is 0 Å². The third kappa shape index (κ3) is 2.44. The highest BCUT2D eigenvalue weighted by molar-refractivity contribution is 5.57. The van der Waals surface area contributed by atoms with Gasteiger partial charge in [-0.25, -0.2) is 0 Å². The topological polar surface area (TPSA) is 49.5 Å². The number of nitrogens with zero attached hydrogens (tertiary/aromatic N) is 1. The van der Waals surface area contributed by atoms with Crippen LogP contribution in [0, 0.1) is 5.92 Å². The molecule has 0 bridgehead atoms. The van der Waals surface area contributed by atoms with Gasteiger partial charge in [0.05, 0.1) is 0 Å². The van der Waals surface area contributed by atoms with Crippen LogP contribution in [0.4, 0.5) is 11.4 Å². The van der Waals surface area contributed by atoms with E-state index in [-0.39, 0.29) is 0 Å². The Morgan fingerprint density at radius 1 is 1.25 bits per heavy atom. The fourth-order valence-corrected chi connectivity index (χ4v) is 2.99. The molecule has 3 N–H and O–H groups in total. The molecule has 0 saturated heterocycles. The number of benzene rings is 2. The van der Waals surface area contributed by atoms with Gasteiger partial charge in [0, 0.05) is 30.0 Å². The Bertz CT molecular complexity index is 624. The summed E-state index contributed by atoms with van der Waals surface area (Å²) in [7, 11) is 0. The van der Waals surface area contributed by atoms with E-state index in [4.69, 9.17) is 5.73 Å². The van der Waals surface area contributed by atoms with Gasteiger partial charge in [0.1, 0.15) is 5.75 Å².